The highest BCUT2D eigenvalue weighted by atomic mass is 127. The van der Waals surface area contributed by atoms with Crippen molar-refractivity contribution in [2.75, 3.05) is 6.61 Å². The van der Waals surface area contributed by atoms with Crippen molar-refractivity contribution in [3.63, 3.8) is 0 Å². The molecule has 4 aliphatic carbocycles. The van der Waals surface area contributed by atoms with E-state index in [0.29, 0.717) is 29.8 Å². The monoisotopic (exact) mass is 558 g/mol. The third-order valence-corrected chi connectivity index (χ3v) is 12.9. The maximum absolute atomic E-state index is 12.2. The fourth-order valence-electron chi connectivity index (χ4n) is 9.06. The summed E-state index contributed by atoms with van der Waals surface area (Å²) in [7, 11) is 0. The van der Waals surface area contributed by atoms with Crippen molar-refractivity contribution in [2.24, 2.45) is 46.3 Å². The predicted octanol–water partition coefficient (Wildman–Crippen LogP) is 7.18. The number of unbranched alkanes of at least 4 members (excludes halogenated alkanes) is 1. The van der Waals surface area contributed by atoms with Crippen LogP contribution in [-0.4, -0.2) is 27.7 Å². The zero-order chi connectivity index (χ0) is 23.1. The Morgan fingerprint density at radius 1 is 1.12 bits per heavy atom. The first-order valence-electron chi connectivity index (χ1n) is 13.7. The van der Waals surface area contributed by atoms with Crippen LogP contribution >= 0.6 is 22.6 Å². The Morgan fingerprint density at radius 3 is 2.66 bits per heavy atom. The van der Waals surface area contributed by atoms with Crippen LogP contribution in [0.1, 0.15) is 105 Å². The molecule has 0 heterocycles. The molecule has 1 N–H and O–H groups in total. The molecule has 0 radical (unpaired) electrons. The predicted molar refractivity (Wildman–Crippen MR) is 139 cm³/mol. The van der Waals surface area contributed by atoms with E-state index in [1.54, 1.807) is 0 Å². The zero-order valence-corrected chi connectivity index (χ0v) is 23.1. The van der Waals surface area contributed by atoms with Crippen LogP contribution in [0.2, 0.25) is 0 Å². The summed E-state index contributed by atoms with van der Waals surface area (Å²) < 4.78 is 6.15. The van der Waals surface area contributed by atoms with Gasteiger partial charge in [0.2, 0.25) is 0 Å². The van der Waals surface area contributed by atoms with Gasteiger partial charge in [-0.15, -0.1) is 0 Å². The van der Waals surface area contributed by atoms with Gasteiger partial charge in [-0.2, -0.15) is 0 Å². The molecule has 184 valence electrons. The second-order valence-electron chi connectivity index (χ2n) is 12.4. The minimum atomic E-state index is -0.0562. The lowest BCUT2D eigenvalue weighted by Gasteiger charge is -2.62. The fraction of sp³-hybridized carbons (Fsp3) is 0.964. The SMILES string of the molecule is CCCCOC(=O)CCC(C)C1CCC2C3CCC4CC(O)CCC4(C)C3CC(I)C12C. The molecule has 0 aromatic heterocycles. The number of alkyl halides is 1. The van der Waals surface area contributed by atoms with Crippen LogP contribution in [0.3, 0.4) is 0 Å². The van der Waals surface area contributed by atoms with Gasteiger partial charge >= 0.3 is 5.97 Å². The lowest BCUT2D eigenvalue weighted by molar-refractivity contribution is -0.144. The smallest absolute Gasteiger partial charge is 0.305 e. The molecule has 0 aromatic rings. The van der Waals surface area contributed by atoms with Crippen molar-refractivity contribution in [2.45, 2.75) is 115 Å². The molecule has 0 spiro atoms. The van der Waals surface area contributed by atoms with Crippen LogP contribution in [0.25, 0.3) is 0 Å². The molecule has 0 aromatic carbocycles. The Morgan fingerprint density at radius 2 is 1.91 bits per heavy atom. The van der Waals surface area contributed by atoms with E-state index in [4.69, 9.17) is 4.74 Å². The summed E-state index contributed by atoms with van der Waals surface area (Å²) in [6, 6.07) is 0. The molecule has 10 atom stereocenters. The van der Waals surface area contributed by atoms with Gasteiger partial charge in [0, 0.05) is 10.3 Å². The molecule has 0 bridgehead atoms. The zero-order valence-electron chi connectivity index (χ0n) is 21.0. The lowest BCUT2D eigenvalue weighted by atomic mass is 9.44. The van der Waals surface area contributed by atoms with Gasteiger partial charge in [0.05, 0.1) is 12.7 Å². The van der Waals surface area contributed by atoms with E-state index in [1.165, 1.54) is 38.5 Å². The van der Waals surface area contributed by atoms with Crippen LogP contribution in [0.5, 0.6) is 0 Å². The van der Waals surface area contributed by atoms with Crippen LogP contribution in [0.15, 0.2) is 0 Å². The number of ether oxygens (including phenoxy) is 1. The number of carbonyl (C=O) groups is 1. The van der Waals surface area contributed by atoms with Crippen molar-refractivity contribution in [3.8, 4) is 0 Å². The first-order valence-corrected chi connectivity index (χ1v) is 14.9. The molecule has 4 heteroatoms. The highest BCUT2D eigenvalue weighted by Gasteiger charge is 2.63. The molecule has 10 unspecified atom stereocenters. The minimum Gasteiger partial charge on any atom is -0.466 e. The van der Waals surface area contributed by atoms with Gasteiger partial charge in [-0.1, -0.05) is 56.7 Å². The number of hydrogen-bond donors (Lipinski definition) is 1. The van der Waals surface area contributed by atoms with Gasteiger partial charge in [-0.05, 0) is 111 Å². The van der Waals surface area contributed by atoms with Gasteiger partial charge in [0.25, 0.3) is 0 Å². The molecule has 0 saturated heterocycles. The van der Waals surface area contributed by atoms with E-state index >= 15 is 0 Å². The van der Waals surface area contributed by atoms with Crippen molar-refractivity contribution in [1.29, 1.82) is 0 Å². The van der Waals surface area contributed by atoms with Gasteiger partial charge in [-0.3, -0.25) is 4.79 Å². The van der Waals surface area contributed by atoms with Gasteiger partial charge in [0.1, 0.15) is 0 Å². The molecule has 4 rings (SSSR count). The molecule has 0 aliphatic heterocycles. The summed E-state index contributed by atoms with van der Waals surface area (Å²) in [5.41, 5.74) is 0.851. The second-order valence-corrected chi connectivity index (χ2v) is 13.9. The average molecular weight is 559 g/mol. The number of carbonyl (C=O) groups excluding carboxylic acids is 1. The summed E-state index contributed by atoms with van der Waals surface area (Å²) in [5.74, 6) is 4.62. The van der Waals surface area contributed by atoms with E-state index in [9.17, 15) is 9.90 Å². The fourth-order valence-corrected chi connectivity index (χ4v) is 10.5. The lowest BCUT2D eigenvalue weighted by Crippen LogP contribution is -2.57. The molecule has 0 amide bonds. The Hall–Kier alpha value is 0.160. The normalized spacial score (nSPS) is 46.6. The van der Waals surface area contributed by atoms with Crippen LogP contribution in [0.4, 0.5) is 0 Å². The number of rotatable bonds is 7. The summed E-state index contributed by atoms with van der Waals surface area (Å²) in [5, 5.41) is 10.3. The summed E-state index contributed by atoms with van der Waals surface area (Å²) >= 11 is 2.83. The minimum absolute atomic E-state index is 0.00506. The van der Waals surface area contributed by atoms with Crippen molar-refractivity contribution in [1.82, 2.24) is 0 Å². The number of aliphatic hydroxyl groups is 1. The molecule has 4 aliphatic rings. The summed E-state index contributed by atoms with van der Waals surface area (Å²) in [6.07, 6.45) is 13.6. The number of hydrogen-bond acceptors (Lipinski definition) is 3. The van der Waals surface area contributed by atoms with Crippen molar-refractivity contribution in [3.05, 3.63) is 0 Å². The van der Waals surface area contributed by atoms with E-state index < -0.39 is 0 Å². The third kappa shape index (κ3) is 4.42. The first-order chi connectivity index (χ1) is 15.2. The van der Waals surface area contributed by atoms with Crippen LogP contribution in [0, 0.1) is 46.3 Å². The van der Waals surface area contributed by atoms with Gasteiger partial charge in [-0.25, -0.2) is 0 Å². The number of halogens is 1. The summed E-state index contributed by atoms with van der Waals surface area (Å²) in [4.78, 5) is 12.2. The molecular formula is C28H47IO3. The van der Waals surface area contributed by atoms with Crippen molar-refractivity contribution < 1.29 is 14.6 Å². The van der Waals surface area contributed by atoms with Gasteiger partial charge in [0.15, 0.2) is 0 Å². The Balaban J connectivity index is 1.43. The Kier molecular flexibility index (Phi) is 7.92. The highest BCUT2D eigenvalue weighted by Crippen LogP contribution is 2.69. The maximum atomic E-state index is 12.2. The van der Waals surface area contributed by atoms with Crippen LogP contribution < -0.4 is 0 Å². The number of fused-ring (bicyclic) bond motifs is 5. The second kappa shape index (κ2) is 10.0. The Labute approximate surface area is 210 Å². The quantitative estimate of drug-likeness (QED) is 0.156. The van der Waals surface area contributed by atoms with Crippen molar-refractivity contribution >= 4 is 28.6 Å². The topological polar surface area (TPSA) is 46.5 Å². The van der Waals surface area contributed by atoms with Gasteiger partial charge < -0.3 is 9.84 Å². The highest BCUT2D eigenvalue weighted by molar-refractivity contribution is 14.1. The average Bonchev–Trinajstić information content (AvgIpc) is 3.12. The molecule has 4 fully saturated rings. The largest absolute Gasteiger partial charge is 0.466 e. The summed E-state index contributed by atoms with van der Waals surface area (Å²) in [6.45, 7) is 10.3. The first kappa shape index (κ1) is 25.3. The number of esters is 1. The number of aliphatic hydroxyl groups excluding tert-OH is 1. The van der Waals surface area contributed by atoms with E-state index in [-0.39, 0.29) is 12.1 Å². The molecule has 32 heavy (non-hydrogen) atoms. The van der Waals surface area contributed by atoms with E-state index in [1.807, 2.05) is 0 Å². The molecule has 3 nitrogen and oxygen atoms in total. The maximum Gasteiger partial charge on any atom is 0.305 e. The third-order valence-electron chi connectivity index (χ3n) is 11.0. The van der Waals surface area contributed by atoms with E-state index in [0.717, 1.165) is 65.6 Å². The molecular weight excluding hydrogens is 511 g/mol. The molecule has 4 saturated carbocycles. The van der Waals surface area contributed by atoms with Crippen LogP contribution in [-0.2, 0) is 9.53 Å². The van der Waals surface area contributed by atoms with E-state index in [2.05, 4.69) is 50.3 Å². The standard InChI is InChI=1S/C28H47IO3/c1-5-6-15-32-26(31)12-7-18(2)22-10-11-23-21-9-8-19-16-20(30)13-14-27(19,3)24(21)17-25(29)28(22,23)4/h18-25,30H,5-17H2,1-4H3. The Bertz CT molecular complexity index is 667.